The van der Waals surface area contributed by atoms with E-state index >= 15 is 0 Å². The fourth-order valence-electron chi connectivity index (χ4n) is 1.80. The Bertz CT molecular complexity index is 617. The molecular weight excluding hydrogens is 309 g/mol. The maximum Gasteiger partial charge on any atom is 0.264 e. The molecule has 3 nitrogen and oxygen atoms in total. The summed E-state index contributed by atoms with van der Waals surface area (Å²) in [5.41, 5.74) is 0.861. The Morgan fingerprint density at radius 2 is 1.58 bits per heavy atom. The maximum absolute atomic E-state index is 11.3. The van der Waals surface area contributed by atoms with Crippen LogP contribution in [0, 0.1) is 10.1 Å². The van der Waals surface area contributed by atoms with Crippen LogP contribution >= 0.6 is 34.8 Å². The van der Waals surface area contributed by atoms with Crippen LogP contribution in [0.1, 0.15) is 17.2 Å². The second-order valence-electron chi connectivity index (χ2n) is 3.86. The van der Waals surface area contributed by atoms with E-state index in [1.807, 2.05) is 0 Å². The van der Waals surface area contributed by atoms with E-state index < -0.39 is 11.0 Å². The van der Waals surface area contributed by atoms with E-state index in [0.717, 1.165) is 0 Å². The van der Waals surface area contributed by atoms with Gasteiger partial charge in [-0.05, 0) is 12.1 Å². The second kappa shape index (κ2) is 5.78. The second-order valence-corrected chi connectivity index (χ2v) is 5.03. The molecule has 0 saturated carbocycles. The van der Waals surface area contributed by atoms with Crippen LogP contribution < -0.4 is 0 Å². The van der Waals surface area contributed by atoms with Crippen LogP contribution in [0.15, 0.2) is 42.5 Å². The number of halogens is 3. The average Bonchev–Trinajstić information content (AvgIpc) is 2.40. The van der Waals surface area contributed by atoms with Crippen molar-refractivity contribution in [2.45, 2.75) is 6.04 Å². The summed E-state index contributed by atoms with van der Waals surface area (Å²) in [6.45, 7) is 0. The minimum atomic E-state index is -1.07. The molecule has 1 unspecified atom stereocenters. The van der Waals surface area contributed by atoms with Crippen LogP contribution in [0.2, 0.25) is 15.1 Å². The van der Waals surface area contributed by atoms with Gasteiger partial charge in [-0.1, -0.05) is 65.1 Å². The topological polar surface area (TPSA) is 43.1 Å². The zero-order valence-electron chi connectivity index (χ0n) is 9.52. The highest BCUT2D eigenvalue weighted by Gasteiger charge is 2.28. The monoisotopic (exact) mass is 315 g/mol. The van der Waals surface area contributed by atoms with Gasteiger partial charge in [0.2, 0.25) is 0 Å². The first-order valence-electron chi connectivity index (χ1n) is 5.34. The van der Waals surface area contributed by atoms with Crippen LogP contribution in [0.3, 0.4) is 0 Å². The minimum Gasteiger partial charge on any atom is -0.264 e. The van der Waals surface area contributed by atoms with Gasteiger partial charge in [-0.2, -0.15) is 0 Å². The lowest BCUT2D eigenvalue weighted by molar-refractivity contribution is -0.517. The van der Waals surface area contributed by atoms with Crippen molar-refractivity contribution >= 4 is 34.8 Å². The number of benzene rings is 2. The molecule has 0 spiro atoms. The van der Waals surface area contributed by atoms with E-state index in [-0.39, 0.29) is 15.1 Å². The highest BCUT2D eigenvalue weighted by Crippen LogP contribution is 2.38. The average molecular weight is 317 g/mol. The van der Waals surface area contributed by atoms with Gasteiger partial charge < -0.3 is 0 Å². The molecule has 19 heavy (non-hydrogen) atoms. The van der Waals surface area contributed by atoms with E-state index in [4.69, 9.17) is 34.8 Å². The zero-order chi connectivity index (χ0) is 14.0. The Labute approximate surface area is 124 Å². The van der Waals surface area contributed by atoms with Crippen molar-refractivity contribution in [2.24, 2.45) is 0 Å². The Morgan fingerprint density at radius 3 is 2.16 bits per heavy atom. The molecule has 1 atom stereocenters. The molecule has 6 heteroatoms. The SMILES string of the molecule is O=[N+]([O-])C(c1ccccc1)c1ccc(Cl)c(Cl)c1Cl. The molecule has 0 aliphatic rings. The van der Waals surface area contributed by atoms with Gasteiger partial charge in [-0.15, -0.1) is 0 Å². The lowest BCUT2D eigenvalue weighted by atomic mass is 9.99. The Balaban J connectivity index is 2.59. The molecule has 0 fully saturated rings. The molecule has 0 N–H and O–H groups in total. The van der Waals surface area contributed by atoms with E-state index in [0.29, 0.717) is 11.1 Å². The quantitative estimate of drug-likeness (QED) is 0.453. The summed E-state index contributed by atoms with van der Waals surface area (Å²) in [6.07, 6.45) is 0. The summed E-state index contributed by atoms with van der Waals surface area (Å²) in [7, 11) is 0. The largest absolute Gasteiger partial charge is 0.264 e. The van der Waals surface area contributed by atoms with Gasteiger partial charge in [-0.25, -0.2) is 0 Å². The zero-order valence-corrected chi connectivity index (χ0v) is 11.8. The summed E-state index contributed by atoms with van der Waals surface area (Å²) in [5.74, 6) is 0. The van der Waals surface area contributed by atoms with E-state index in [2.05, 4.69) is 0 Å². The molecule has 0 aliphatic heterocycles. The first kappa shape index (κ1) is 14.1. The van der Waals surface area contributed by atoms with Crippen molar-refractivity contribution in [1.29, 1.82) is 0 Å². The number of nitro groups is 1. The smallest absolute Gasteiger partial charge is 0.264 e. The maximum atomic E-state index is 11.3. The third-order valence-corrected chi connectivity index (χ3v) is 3.99. The standard InChI is InChI=1S/C13H8Cl3NO2/c14-10-7-6-9(11(15)12(10)16)13(17(18)19)8-4-2-1-3-5-8/h1-7,13H. The molecule has 0 amide bonds. The van der Waals surface area contributed by atoms with Crippen LogP contribution in [-0.2, 0) is 0 Å². The molecule has 2 aromatic carbocycles. The molecule has 0 aliphatic carbocycles. The summed E-state index contributed by atoms with van der Waals surface area (Å²) in [4.78, 5) is 10.9. The van der Waals surface area contributed by atoms with Crippen LogP contribution in [-0.4, -0.2) is 4.92 Å². The van der Waals surface area contributed by atoms with Crippen molar-refractivity contribution in [3.8, 4) is 0 Å². The van der Waals surface area contributed by atoms with Crippen LogP contribution in [0.4, 0.5) is 0 Å². The van der Waals surface area contributed by atoms with Crippen molar-refractivity contribution in [3.05, 3.63) is 78.8 Å². The lowest BCUT2D eigenvalue weighted by Gasteiger charge is -2.13. The molecule has 0 heterocycles. The first-order chi connectivity index (χ1) is 9.02. The first-order valence-corrected chi connectivity index (χ1v) is 6.47. The highest BCUT2D eigenvalue weighted by molar-refractivity contribution is 6.48. The van der Waals surface area contributed by atoms with Gasteiger partial charge in [0.25, 0.3) is 6.04 Å². The molecular formula is C13H8Cl3NO2. The third-order valence-electron chi connectivity index (χ3n) is 2.69. The van der Waals surface area contributed by atoms with Gasteiger partial charge in [0, 0.05) is 10.5 Å². The fraction of sp³-hybridized carbons (Fsp3) is 0.0769. The Morgan fingerprint density at radius 1 is 0.947 bits per heavy atom. The van der Waals surface area contributed by atoms with Gasteiger partial charge >= 0.3 is 0 Å². The lowest BCUT2D eigenvalue weighted by Crippen LogP contribution is -2.12. The Hall–Kier alpha value is -1.29. The number of hydrogen-bond donors (Lipinski definition) is 0. The fourth-order valence-corrected chi connectivity index (χ4v) is 2.45. The normalized spacial score (nSPS) is 12.2. The number of rotatable bonds is 3. The van der Waals surface area contributed by atoms with Gasteiger partial charge in [-0.3, -0.25) is 10.1 Å². The van der Waals surface area contributed by atoms with Crippen LogP contribution in [0.5, 0.6) is 0 Å². The van der Waals surface area contributed by atoms with E-state index in [1.165, 1.54) is 12.1 Å². The molecule has 0 saturated heterocycles. The van der Waals surface area contributed by atoms with Crippen LogP contribution in [0.25, 0.3) is 0 Å². The van der Waals surface area contributed by atoms with Gasteiger partial charge in [0.15, 0.2) is 0 Å². The summed E-state index contributed by atoms with van der Waals surface area (Å²) >= 11 is 17.8. The molecule has 98 valence electrons. The summed E-state index contributed by atoms with van der Waals surface area (Å²) in [5, 5.41) is 11.8. The van der Waals surface area contributed by atoms with Gasteiger partial charge in [0.1, 0.15) is 0 Å². The number of nitrogens with zero attached hydrogens (tertiary/aromatic N) is 1. The van der Waals surface area contributed by atoms with E-state index in [9.17, 15) is 10.1 Å². The third kappa shape index (κ3) is 2.84. The van der Waals surface area contributed by atoms with Crippen molar-refractivity contribution in [3.63, 3.8) is 0 Å². The molecule has 0 bridgehead atoms. The number of hydrogen-bond acceptors (Lipinski definition) is 2. The summed E-state index contributed by atoms with van der Waals surface area (Å²) < 4.78 is 0. The highest BCUT2D eigenvalue weighted by atomic mass is 35.5. The minimum absolute atomic E-state index is 0.111. The Kier molecular flexibility index (Phi) is 4.30. The van der Waals surface area contributed by atoms with Crippen molar-refractivity contribution in [2.75, 3.05) is 0 Å². The molecule has 0 radical (unpaired) electrons. The van der Waals surface area contributed by atoms with E-state index in [1.54, 1.807) is 30.3 Å². The summed E-state index contributed by atoms with van der Waals surface area (Å²) in [6, 6.07) is 10.6. The van der Waals surface area contributed by atoms with Gasteiger partial charge in [0.05, 0.1) is 20.6 Å². The predicted molar refractivity (Wildman–Crippen MR) is 76.8 cm³/mol. The van der Waals surface area contributed by atoms with Crippen molar-refractivity contribution < 1.29 is 4.92 Å². The van der Waals surface area contributed by atoms with Crippen molar-refractivity contribution in [1.82, 2.24) is 0 Å². The predicted octanol–water partition coefficient (Wildman–Crippen LogP) is 5.01. The molecule has 2 rings (SSSR count). The molecule has 2 aromatic rings. The molecule has 0 aromatic heterocycles.